The van der Waals surface area contributed by atoms with Gasteiger partial charge in [-0.15, -0.1) is 0 Å². The summed E-state index contributed by atoms with van der Waals surface area (Å²) < 4.78 is 46.0. The van der Waals surface area contributed by atoms with E-state index in [4.69, 9.17) is 4.74 Å². The molecule has 0 saturated carbocycles. The second kappa shape index (κ2) is 8.27. The molecule has 0 radical (unpaired) electrons. The van der Waals surface area contributed by atoms with Crippen molar-refractivity contribution >= 4 is 23.3 Å². The number of hydrogen-bond acceptors (Lipinski definition) is 6. The lowest BCUT2D eigenvalue weighted by Gasteiger charge is -2.13. The topological polar surface area (TPSA) is 94.6 Å². The van der Waals surface area contributed by atoms with Gasteiger partial charge in [0.05, 0.1) is 19.9 Å². The van der Waals surface area contributed by atoms with Gasteiger partial charge in [-0.3, -0.25) is 14.4 Å². The molecule has 7 nitrogen and oxygen atoms in total. The molecule has 136 valence electrons. The number of methoxy groups -OCH3 is 2. The van der Waals surface area contributed by atoms with E-state index >= 15 is 0 Å². The van der Waals surface area contributed by atoms with Gasteiger partial charge < -0.3 is 14.8 Å². The van der Waals surface area contributed by atoms with E-state index in [9.17, 15) is 27.6 Å². The summed E-state index contributed by atoms with van der Waals surface area (Å²) in [7, 11) is 2.31. The molecule has 1 N–H and O–H groups in total. The third-order valence-corrected chi connectivity index (χ3v) is 3.00. The first-order chi connectivity index (χ1) is 11.6. The van der Waals surface area contributed by atoms with E-state index in [-0.39, 0.29) is 17.6 Å². The zero-order valence-corrected chi connectivity index (χ0v) is 13.5. The van der Waals surface area contributed by atoms with Crippen molar-refractivity contribution in [3.63, 3.8) is 0 Å². The summed E-state index contributed by atoms with van der Waals surface area (Å²) in [4.78, 5) is 38.6. The Morgan fingerprint density at radius 2 is 1.92 bits per heavy atom. The first-order valence-electron chi connectivity index (χ1n) is 6.78. The van der Waals surface area contributed by atoms with Crippen LogP contribution >= 0.6 is 0 Å². The lowest BCUT2D eigenvalue weighted by molar-refractivity contribution is -0.165. The fourth-order valence-electron chi connectivity index (χ4n) is 1.64. The fraction of sp³-hybridized carbons (Fsp3) is 0.333. The molecule has 1 unspecified atom stereocenters. The molecule has 1 aromatic heterocycles. The summed E-state index contributed by atoms with van der Waals surface area (Å²) in [5.74, 6) is -5.86. The molecule has 0 aliphatic rings. The zero-order chi connectivity index (χ0) is 19.2. The molecule has 0 aromatic carbocycles. The van der Waals surface area contributed by atoms with E-state index in [0.29, 0.717) is 11.6 Å². The van der Waals surface area contributed by atoms with Crippen LogP contribution in [-0.2, 0) is 19.1 Å². The predicted molar refractivity (Wildman–Crippen MR) is 79.9 cm³/mol. The Morgan fingerprint density at radius 3 is 2.44 bits per heavy atom. The summed E-state index contributed by atoms with van der Waals surface area (Å²) in [5, 5.41) is 2.36. The molecule has 10 heteroatoms. The minimum atomic E-state index is -5.11. The quantitative estimate of drug-likeness (QED) is 0.472. The number of alkyl halides is 3. The maximum absolute atomic E-state index is 12.2. The van der Waals surface area contributed by atoms with Crippen LogP contribution in [0.4, 0.5) is 18.9 Å². The van der Waals surface area contributed by atoms with Gasteiger partial charge in [-0.05, 0) is 18.6 Å². The molecule has 1 amide bonds. The lowest BCUT2D eigenvalue weighted by atomic mass is 10.1. The standard InChI is InChI=1S/C15H15F3N2O5/c1-8-7-19-12(24-2)6-10(8)20-13(22)9(14(23)25-3)4-5-11(21)15(16,17)18/h4-7,9H,1-3H3,(H,19,20,22)/b5-4+. The Balaban J connectivity index is 3.04. The molecular weight excluding hydrogens is 345 g/mol. The van der Waals surface area contributed by atoms with Crippen molar-refractivity contribution in [2.75, 3.05) is 19.5 Å². The highest BCUT2D eigenvalue weighted by Gasteiger charge is 2.37. The van der Waals surface area contributed by atoms with Gasteiger partial charge in [0.2, 0.25) is 11.8 Å². The Labute approximate surface area is 140 Å². The van der Waals surface area contributed by atoms with Crippen molar-refractivity contribution in [3.05, 3.63) is 30.0 Å². The molecule has 0 spiro atoms. The normalized spacial score (nSPS) is 12.6. The molecule has 0 bridgehead atoms. The van der Waals surface area contributed by atoms with Crippen LogP contribution in [0.25, 0.3) is 0 Å². The second-order valence-corrected chi connectivity index (χ2v) is 4.75. The summed E-state index contributed by atoms with van der Waals surface area (Å²) in [6.45, 7) is 1.61. The average Bonchev–Trinajstić information content (AvgIpc) is 2.55. The SMILES string of the molecule is COC(=O)C(/C=C/C(=O)C(F)(F)F)C(=O)Nc1cc(OC)ncc1C. The molecule has 1 heterocycles. The van der Waals surface area contributed by atoms with Gasteiger partial charge in [-0.1, -0.05) is 6.08 Å². The van der Waals surface area contributed by atoms with Crippen molar-refractivity contribution in [2.45, 2.75) is 13.1 Å². The highest BCUT2D eigenvalue weighted by molar-refractivity contribution is 6.07. The number of ketones is 1. The Kier molecular flexibility index (Phi) is 6.66. The number of aryl methyl sites for hydroxylation is 1. The molecule has 0 saturated heterocycles. The van der Waals surface area contributed by atoms with E-state index < -0.39 is 29.8 Å². The molecule has 0 aliphatic carbocycles. The number of allylic oxidation sites excluding steroid dienone is 1. The number of ether oxygens (including phenoxy) is 2. The smallest absolute Gasteiger partial charge is 0.454 e. The molecule has 1 aromatic rings. The van der Waals surface area contributed by atoms with Crippen molar-refractivity contribution in [1.82, 2.24) is 4.98 Å². The number of carbonyl (C=O) groups excluding carboxylic acids is 3. The van der Waals surface area contributed by atoms with Crippen LogP contribution in [0.3, 0.4) is 0 Å². The fourth-order valence-corrected chi connectivity index (χ4v) is 1.64. The van der Waals surface area contributed by atoms with Crippen LogP contribution < -0.4 is 10.1 Å². The Bertz CT molecular complexity index is 701. The third kappa shape index (κ3) is 5.59. The van der Waals surface area contributed by atoms with E-state index in [1.54, 1.807) is 6.92 Å². The maximum Gasteiger partial charge on any atom is 0.454 e. The highest BCUT2D eigenvalue weighted by Crippen LogP contribution is 2.21. The van der Waals surface area contributed by atoms with Gasteiger partial charge in [-0.25, -0.2) is 4.98 Å². The second-order valence-electron chi connectivity index (χ2n) is 4.75. The number of hydrogen-bond donors (Lipinski definition) is 1. The van der Waals surface area contributed by atoms with Crippen LogP contribution in [0, 0.1) is 12.8 Å². The van der Waals surface area contributed by atoms with E-state index in [1.807, 2.05) is 0 Å². The summed E-state index contributed by atoms with van der Waals surface area (Å²) in [5.41, 5.74) is 0.759. The number of halogens is 3. The number of aromatic nitrogens is 1. The van der Waals surface area contributed by atoms with Crippen molar-refractivity contribution in [3.8, 4) is 5.88 Å². The van der Waals surface area contributed by atoms with E-state index in [0.717, 1.165) is 7.11 Å². The lowest BCUT2D eigenvalue weighted by Crippen LogP contribution is -2.30. The summed E-state index contributed by atoms with van der Waals surface area (Å²) >= 11 is 0. The first-order valence-corrected chi connectivity index (χ1v) is 6.78. The largest absolute Gasteiger partial charge is 0.481 e. The number of nitrogens with zero attached hydrogens (tertiary/aromatic N) is 1. The van der Waals surface area contributed by atoms with Gasteiger partial charge in [0.1, 0.15) is 0 Å². The third-order valence-electron chi connectivity index (χ3n) is 3.00. The number of esters is 1. The van der Waals surface area contributed by atoms with Gasteiger partial charge in [0.15, 0.2) is 5.92 Å². The van der Waals surface area contributed by atoms with Gasteiger partial charge in [-0.2, -0.15) is 13.2 Å². The molecule has 0 aliphatic heterocycles. The van der Waals surface area contributed by atoms with Crippen LogP contribution in [0.5, 0.6) is 5.88 Å². The molecule has 1 atom stereocenters. The number of pyridine rings is 1. The van der Waals surface area contributed by atoms with Crippen molar-refractivity contribution < 1.29 is 37.0 Å². The van der Waals surface area contributed by atoms with Crippen LogP contribution in [-0.4, -0.2) is 43.0 Å². The molecule has 25 heavy (non-hydrogen) atoms. The van der Waals surface area contributed by atoms with Crippen LogP contribution in [0.2, 0.25) is 0 Å². The average molecular weight is 360 g/mol. The van der Waals surface area contributed by atoms with Gasteiger partial charge in [0.25, 0.3) is 5.78 Å². The summed E-state index contributed by atoms with van der Waals surface area (Å²) in [6.07, 6.45) is -3.07. The number of anilines is 1. The van der Waals surface area contributed by atoms with Gasteiger partial charge >= 0.3 is 12.1 Å². The van der Waals surface area contributed by atoms with Crippen molar-refractivity contribution in [2.24, 2.45) is 5.92 Å². The monoisotopic (exact) mass is 360 g/mol. The zero-order valence-electron chi connectivity index (χ0n) is 13.5. The molecular formula is C15H15F3N2O5. The van der Waals surface area contributed by atoms with E-state index in [1.165, 1.54) is 19.4 Å². The van der Waals surface area contributed by atoms with Crippen LogP contribution in [0.1, 0.15) is 5.56 Å². The maximum atomic E-state index is 12.2. The first kappa shape index (κ1) is 20.1. The predicted octanol–water partition coefficient (Wildman–Crippen LogP) is 1.81. The number of nitrogens with one attached hydrogen (secondary N) is 1. The Morgan fingerprint density at radius 1 is 1.28 bits per heavy atom. The van der Waals surface area contributed by atoms with Crippen molar-refractivity contribution in [1.29, 1.82) is 0 Å². The Hall–Kier alpha value is -2.91. The minimum Gasteiger partial charge on any atom is -0.481 e. The number of carbonyl (C=O) groups is 3. The molecule has 1 rings (SSSR count). The van der Waals surface area contributed by atoms with Gasteiger partial charge in [0, 0.05) is 12.3 Å². The number of amides is 1. The number of rotatable bonds is 6. The minimum absolute atomic E-state index is 0.112. The van der Waals surface area contributed by atoms with E-state index in [2.05, 4.69) is 15.0 Å². The summed E-state index contributed by atoms with van der Waals surface area (Å²) in [6, 6.07) is 1.37. The van der Waals surface area contributed by atoms with Crippen LogP contribution in [0.15, 0.2) is 24.4 Å². The highest BCUT2D eigenvalue weighted by atomic mass is 19.4. The molecule has 0 fully saturated rings.